The molecule has 3 rings (SSSR count). The van der Waals surface area contributed by atoms with Crippen molar-refractivity contribution in [3.05, 3.63) is 66.2 Å². The van der Waals surface area contributed by atoms with Gasteiger partial charge in [-0.15, -0.1) is 0 Å². The lowest BCUT2D eigenvalue weighted by Gasteiger charge is -2.36. The van der Waals surface area contributed by atoms with E-state index in [9.17, 15) is 13.2 Å². The summed E-state index contributed by atoms with van der Waals surface area (Å²) in [6.45, 7) is 3.15. The quantitative estimate of drug-likeness (QED) is 0.849. The number of amides is 1. The fourth-order valence-corrected chi connectivity index (χ4v) is 4.74. The second-order valence-corrected chi connectivity index (χ2v) is 8.71. The summed E-state index contributed by atoms with van der Waals surface area (Å²) in [5.41, 5.74) is 7.18. The number of nitrogens with zero attached hydrogens (tertiary/aromatic N) is 2. The molecule has 2 atom stereocenters. The predicted octanol–water partition coefficient (Wildman–Crippen LogP) is 1.86. The molecule has 2 N–H and O–H groups in total. The Kier molecular flexibility index (Phi) is 5.94. The number of carbonyl (C=O) groups excluding carboxylic acids is 1. The number of hydrogen-bond donors (Lipinski definition) is 1. The summed E-state index contributed by atoms with van der Waals surface area (Å²) in [6, 6.07) is 17.5. The fraction of sp³-hybridized carbons (Fsp3) is 0.350. The molecule has 0 radical (unpaired) electrons. The summed E-state index contributed by atoms with van der Waals surface area (Å²) in [4.78, 5) is 14.8. The molecule has 0 spiro atoms. The topological polar surface area (TPSA) is 83.7 Å². The zero-order chi connectivity index (χ0) is 19.4. The van der Waals surface area contributed by atoms with Crippen molar-refractivity contribution in [2.75, 3.05) is 26.2 Å². The van der Waals surface area contributed by atoms with Gasteiger partial charge in [-0.05, 0) is 17.7 Å². The van der Waals surface area contributed by atoms with E-state index in [0.717, 1.165) is 5.56 Å². The first kappa shape index (κ1) is 19.5. The highest BCUT2D eigenvalue weighted by Crippen LogP contribution is 2.23. The van der Waals surface area contributed by atoms with Gasteiger partial charge < -0.3 is 10.6 Å². The van der Waals surface area contributed by atoms with Crippen molar-refractivity contribution in [3.63, 3.8) is 0 Å². The largest absolute Gasteiger partial charge is 0.340 e. The molecule has 0 saturated carbocycles. The first-order valence-electron chi connectivity index (χ1n) is 9.06. The van der Waals surface area contributed by atoms with Crippen LogP contribution in [0.1, 0.15) is 18.5 Å². The predicted molar refractivity (Wildman–Crippen MR) is 104 cm³/mol. The Labute approximate surface area is 160 Å². The van der Waals surface area contributed by atoms with Crippen molar-refractivity contribution in [2.24, 2.45) is 11.7 Å². The maximum atomic E-state index is 12.8. The van der Waals surface area contributed by atoms with Gasteiger partial charge in [-0.2, -0.15) is 4.31 Å². The van der Waals surface area contributed by atoms with Crippen LogP contribution in [-0.2, 0) is 14.8 Å². The summed E-state index contributed by atoms with van der Waals surface area (Å²) < 4.78 is 26.8. The van der Waals surface area contributed by atoms with Crippen LogP contribution in [0.5, 0.6) is 0 Å². The number of carbonyl (C=O) groups is 1. The summed E-state index contributed by atoms with van der Waals surface area (Å²) in [5.74, 6) is -0.409. The minimum Gasteiger partial charge on any atom is -0.340 e. The Bertz CT molecular complexity index is 864. The second kappa shape index (κ2) is 8.21. The molecule has 1 saturated heterocycles. The van der Waals surface area contributed by atoms with E-state index in [0.29, 0.717) is 13.1 Å². The van der Waals surface area contributed by atoms with E-state index in [1.807, 2.05) is 37.3 Å². The Morgan fingerprint density at radius 3 is 2.00 bits per heavy atom. The normalized spacial score (nSPS) is 18.1. The number of hydrogen-bond acceptors (Lipinski definition) is 4. The first-order valence-corrected chi connectivity index (χ1v) is 10.5. The van der Waals surface area contributed by atoms with E-state index in [2.05, 4.69) is 0 Å². The third-order valence-electron chi connectivity index (χ3n) is 5.04. The smallest absolute Gasteiger partial charge is 0.243 e. The fourth-order valence-electron chi connectivity index (χ4n) is 3.30. The van der Waals surface area contributed by atoms with Gasteiger partial charge in [0.05, 0.1) is 10.8 Å². The Morgan fingerprint density at radius 1 is 0.926 bits per heavy atom. The zero-order valence-corrected chi connectivity index (χ0v) is 16.2. The van der Waals surface area contributed by atoms with Crippen LogP contribution in [0.2, 0.25) is 0 Å². The molecule has 6 nitrogen and oxygen atoms in total. The Balaban J connectivity index is 1.62. The average Bonchev–Trinajstić information content (AvgIpc) is 2.73. The van der Waals surface area contributed by atoms with Gasteiger partial charge in [0.15, 0.2) is 0 Å². The molecule has 0 aromatic heterocycles. The van der Waals surface area contributed by atoms with Gasteiger partial charge in [0, 0.05) is 32.2 Å². The van der Waals surface area contributed by atoms with Gasteiger partial charge in [0.25, 0.3) is 0 Å². The van der Waals surface area contributed by atoms with E-state index in [1.54, 1.807) is 35.2 Å². The molecule has 144 valence electrons. The SMILES string of the molecule is CC(C(=O)N1CCN(S(=O)(=O)c2ccccc2)CC1)C(N)c1ccccc1. The molecule has 1 fully saturated rings. The van der Waals surface area contributed by atoms with Crippen molar-refractivity contribution < 1.29 is 13.2 Å². The zero-order valence-electron chi connectivity index (χ0n) is 15.4. The molecule has 2 aromatic rings. The third kappa shape index (κ3) is 4.21. The summed E-state index contributed by atoms with van der Waals surface area (Å²) in [5, 5.41) is 0. The van der Waals surface area contributed by atoms with E-state index < -0.39 is 10.0 Å². The number of nitrogens with two attached hydrogens (primary N) is 1. The van der Waals surface area contributed by atoms with Crippen molar-refractivity contribution in [1.29, 1.82) is 0 Å². The molecule has 2 unspecified atom stereocenters. The van der Waals surface area contributed by atoms with Crippen LogP contribution in [0, 0.1) is 5.92 Å². The molecule has 1 aliphatic rings. The maximum Gasteiger partial charge on any atom is 0.243 e. The van der Waals surface area contributed by atoms with E-state index in [1.165, 1.54) is 4.31 Å². The van der Waals surface area contributed by atoms with Crippen LogP contribution in [0.15, 0.2) is 65.6 Å². The standard InChI is InChI=1S/C20H25N3O3S/c1-16(19(21)17-8-4-2-5-9-17)20(24)22-12-14-23(15-13-22)27(25,26)18-10-6-3-7-11-18/h2-11,16,19H,12-15,21H2,1H3. The van der Waals surface area contributed by atoms with Gasteiger partial charge in [0.1, 0.15) is 0 Å². The summed E-state index contributed by atoms with van der Waals surface area (Å²) >= 11 is 0. The number of benzene rings is 2. The number of piperazine rings is 1. The van der Waals surface area contributed by atoms with Crippen LogP contribution < -0.4 is 5.73 Å². The molecule has 0 aliphatic carbocycles. The first-order chi connectivity index (χ1) is 12.9. The molecule has 7 heteroatoms. The van der Waals surface area contributed by atoms with Gasteiger partial charge in [-0.3, -0.25) is 4.79 Å². The van der Waals surface area contributed by atoms with Gasteiger partial charge in [0.2, 0.25) is 15.9 Å². The highest BCUT2D eigenvalue weighted by molar-refractivity contribution is 7.89. The van der Waals surface area contributed by atoms with Crippen molar-refractivity contribution in [1.82, 2.24) is 9.21 Å². The number of sulfonamides is 1. The summed E-state index contributed by atoms with van der Waals surface area (Å²) in [7, 11) is -3.52. The van der Waals surface area contributed by atoms with Gasteiger partial charge in [-0.1, -0.05) is 55.5 Å². The lowest BCUT2D eigenvalue weighted by molar-refractivity contribution is -0.136. The minimum absolute atomic E-state index is 0.0388. The third-order valence-corrected chi connectivity index (χ3v) is 6.96. The molecular weight excluding hydrogens is 362 g/mol. The Morgan fingerprint density at radius 2 is 1.44 bits per heavy atom. The summed E-state index contributed by atoms with van der Waals surface area (Å²) in [6.07, 6.45) is 0. The van der Waals surface area contributed by atoms with Crippen LogP contribution in [0.3, 0.4) is 0 Å². The Hall–Kier alpha value is -2.22. The van der Waals surface area contributed by atoms with E-state index in [4.69, 9.17) is 5.73 Å². The van der Waals surface area contributed by atoms with Crippen LogP contribution >= 0.6 is 0 Å². The maximum absolute atomic E-state index is 12.8. The molecule has 2 aromatic carbocycles. The lowest BCUT2D eigenvalue weighted by Crippen LogP contribution is -2.52. The van der Waals surface area contributed by atoms with Crippen LogP contribution in [0.4, 0.5) is 0 Å². The molecule has 1 heterocycles. The lowest BCUT2D eigenvalue weighted by atomic mass is 9.94. The highest BCUT2D eigenvalue weighted by atomic mass is 32.2. The average molecular weight is 388 g/mol. The highest BCUT2D eigenvalue weighted by Gasteiger charge is 2.33. The van der Waals surface area contributed by atoms with Crippen molar-refractivity contribution >= 4 is 15.9 Å². The molecule has 27 heavy (non-hydrogen) atoms. The molecular formula is C20H25N3O3S. The number of rotatable bonds is 5. The van der Waals surface area contributed by atoms with Crippen molar-refractivity contribution in [3.8, 4) is 0 Å². The second-order valence-electron chi connectivity index (χ2n) is 6.77. The molecule has 0 bridgehead atoms. The monoisotopic (exact) mass is 387 g/mol. The van der Waals surface area contributed by atoms with Crippen molar-refractivity contribution in [2.45, 2.75) is 17.9 Å². The molecule has 1 aliphatic heterocycles. The van der Waals surface area contributed by atoms with Gasteiger partial charge >= 0.3 is 0 Å². The van der Waals surface area contributed by atoms with E-state index in [-0.39, 0.29) is 35.9 Å². The van der Waals surface area contributed by atoms with Gasteiger partial charge in [-0.25, -0.2) is 8.42 Å². The van der Waals surface area contributed by atoms with E-state index >= 15 is 0 Å². The minimum atomic E-state index is -3.52. The van der Waals surface area contributed by atoms with Crippen LogP contribution in [0.25, 0.3) is 0 Å². The molecule has 1 amide bonds. The van der Waals surface area contributed by atoms with Crippen LogP contribution in [-0.4, -0.2) is 49.7 Å².